The average Bonchev–Trinajstić information content (AvgIpc) is 2.03. The molecule has 8 heteroatoms. The Hall–Kier alpha value is -0.230. The van der Waals surface area contributed by atoms with Crippen molar-refractivity contribution in [3.63, 3.8) is 0 Å². The Labute approximate surface area is 89.1 Å². The highest BCUT2D eigenvalue weighted by atomic mass is 35.5. The van der Waals surface area contributed by atoms with Gasteiger partial charge in [0.1, 0.15) is 6.73 Å². The third-order valence-electron chi connectivity index (χ3n) is 1.13. The predicted octanol–water partition coefficient (Wildman–Crippen LogP) is -0.681. The lowest BCUT2D eigenvalue weighted by molar-refractivity contribution is -0.125. The number of nitrogens with one attached hydrogen (secondary N) is 1. The van der Waals surface area contributed by atoms with Crippen LogP contribution in [0, 0.1) is 0 Å². The van der Waals surface area contributed by atoms with Crippen LogP contribution in [0.2, 0.25) is 0 Å². The van der Waals surface area contributed by atoms with Crippen LogP contribution in [0.1, 0.15) is 0 Å². The van der Waals surface area contributed by atoms with Crippen molar-refractivity contribution >= 4 is 46.6 Å². The van der Waals surface area contributed by atoms with Gasteiger partial charge < -0.3 is 16.2 Å². The Morgan fingerprint density at radius 2 is 2.00 bits per heavy atom. The summed E-state index contributed by atoms with van der Waals surface area (Å²) in [6.45, 7) is -0.634. The summed E-state index contributed by atoms with van der Waals surface area (Å²) in [5, 5.41) is 8.66. The highest BCUT2D eigenvalue weighted by Crippen LogP contribution is 2.29. The molecule has 0 saturated carbocycles. The molecule has 2 amide bonds. The number of alkyl halides is 3. The van der Waals surface area contributed by atoms with E-state index in [4.69, 9.17) is 45.6 Å². The number of aliphatic hydroxyl groups is 1. The van der Waals surface area contributed by atoms with Crippen LogP contribution in [0.15, 0.2) is 0 Å². The number of carbonyl (C=O) groups excluding carboxylic acids is 2. The minimum absolute atomic E-state index is 0.634. The summed E-state index contributed by atoms with van der Waals surface area (Å²) in [6, 6.07) is 0. The summed E-state index contributed by atoms with van der Waals surface area (Å²) >= 11 is 16.1. The van der Waals surface area contributed by atoms with Gasteiger partial charge >= 0.3 is 0 Å². The van der Waals surface area contributed by atoms with E-state index in [2.05, 4.69) is 0 Å². The van der Waals surface area contributed by atoms with E-state index in [0.717, 1.165) is 0 Å². The molecule has 0 aliphatic rings. The van der Waals surface area contributed by atoms with Crippen LogP contribution < -0.4 is 11.1 Å². The largest absolute Gasteiger partial charge is 0.377 e. The van der Waals surface area contributed by atoms with E-state index in [1.165, 1.54) is 0 Å². The maximum atomic E-state index is 10.9. The molecule has 0 aliphatic heterocycles. The van der Waals surface area contributed by atoms with Gasteiger partial charge in [-0.15, -0.1) is 11.6 Å². The van der Waals surface area contributed by atoms with Gasteiger partial charge in [-0.25, -0.2) is 0 Å². The van der Waals surface area contributed by atoms with Crippen LogP contribution in [0.25, 0.3) is 0 Å². The number of hydrogen-bond donors (Lipinski definition) is 3. The van der Waals surface area contributed by atoms with E-state index < -0.39 is 28.3 Å². The van der Waals surface area contributed by atoms with Gasteiger partial charge in [0.05, 0.1) is 0 Å². The van der Waals surface area contributed by atoms with E-state index in [0.29, 0.717) is 0 Å². The van der Waals surface area contributed by atoms with Crippen molar-refractivity contribution in [3.05, 3.63) is 0 Å². The molecule has 1 atom stereocenters. The maximum absolute atomic E-state index is 10.9. The summed E-state index contributed by atoms with van der Waals surface area (Å²) in [5.41, 5.74) is 4.78. The monoisotopic (exact) mass is 248 g/mol. The fourth-order valence-corrected chi connectivity index (χ4v) is 0.840. The van der Waals surface area contributed by atoms with Gasteiger partial charge in [0.2, 0.25) is 10.2 Å². The Balaban J connectivity index is 4.48. The van der Waals surface area contributed by atoms with Crippen LogP contribution in [-0.2, 0) is 9.59 Å². The van der Waals surface area contributed by atoms with Crippen LogP contribution in [0.5, 0.6) is 0 Å². The highest BCUT2D eigenvalue weighted by molar-refractivity contribution is 6.63. The highest BCUT2D eigenvalue weighted by Gasteiger charge is 2.44. The molecule has 13 heavy (non-hydrogen) atoms. The molecule has 0 aliphatic carbocycles. The first kappa shape index (κ1) is 12.8. The van der Waals surface area contributed by atoms with Gasteiger partial charge in [-0.05, 0) is 0 Å². The molecule has 0 aromatic carbocycles. The Bertz CT molecular complexity index is 221. The van der Waals surface area contributed by atoms with Crippen molar-refractivity contribution in [1.29, 1.82) is 0 Å². The van der Waals surface area contributed by atoms with Crippen molar-refractivity contribution in [2.24, 2.45) is 5.73 Å². The van der Waals surface area contributed by atoms with Gasteiger partial charge in [-0.3, -0.25) is 9.59 Å². The molecule has 0 saturated heterocycles. The summed E-state index contributed by atoms with van der Waals surface area (Å²) in [4.78, 5) is 21.5. The molecule has 1 unspecified atom stereocenters. The Kier molecular flexibility index (Phi) is 4.77. The zero-order valence-corrected chi connectivity index (χ0v) is 8.53. The van der Waals surface area contributed by atoms with Crippen molar-refractivity contribution < 1.29 is 14.7 Å². The Morgan fingerprint density at radius 3 is 2.31 bits per heavy atom. The van der Waals surface area contributed by atoms with Crippen molar-refractivity contribution in [2.45, 2.75) is 9.71 Å². The zero-order valence-electron chi connectivity index (χ0n) is 6.26. The fourth-order valence-electron chi connectivity index (χ4n) is 0.457. The quantitative estimate of drug-likeness (QED) is 0.455. The molecule has 0 bridgehead atoms. The second-order valence-corrected chi connectivity index (χ2v) is 3.87. The number of halogens is 3. The SMILES string of the molecule is NC(=O)C(Cl)(Cl)C(Cl)C(=O)NCO. The van der Waals surface area contributed by atoms with Crippen LogP contribution >= 0.6 is 34.8 Å². The van der Waals surface area contributed by atoms with E-state index in [1.807, 2.05) is 5.32 Å². The van der Waals surface area contributed by atoms with Crippen molar-refractivity contribution in [1.82, 2.24) is 5.32 Å². The fraction of sp³-hybridized carbons (Fsp3) is 0.600. The van der Waals surface area contributed by atoms with E-state index in [1.54, 1.807) is 0 Å². The topological polar surface area (TPSA) is 92.4 Å². The number of nitrogens with two attached hydrogens (primary N) is 1. The molecular formula is C5H7Cl3N2O3. The molecule has 0 fully saturated rings. The van der Waals surface area contributed by atoms with Crippen molar-refractivity contribution in [2.75, 3.05) is 6.73 Å². The number of hydrogen-bond acceptors (Lipinski definition) is 3. The molecule has 5 nitrogen and oxygen atoms in total. The smallest absolute Gasteiger partial charge is 0.256 e. The maximum Gasteiger partial charge on any atom is 0.256 e. The summed E-state index contributed by atoms with van der Waals surface area (Å²) < 4.78 is -2.19. The first-order valence-corrected chi connectivity index (χ1v) is 4.23. The summed E-state index contributed by atoms with van der Waals surface area (Å²) in [5.74, 6) is -2.02. The van der Waals surface area contributed by atoms with Gasteiger partial charge in [-0.2, -0.15) is 0 Å². The third kappa shape index (κ3) is 3.19. The Morgan fingerprint density at radius 1 is 1.54 bits per heavy atom. The second-order valence-electron chi connectivity index (χ2n) is 2.05. The lowest BCUT2D eigenvalue weighted by Gasteiger charge is -2.20. The first-order valence-electron chi connectivity index (χ1n) is 3.04. The van der Waals surface area contributed by atoms with Gasteiger partial charge in [0.25, 0.3) is 5.91 Å². The molecule has 4 N–H and O–H groups in total. The average molecular weight is 249 g/mol. The lowest BCUT2D eigenvalue weighted by atomic mass is 10.2. The summed E-state index contributed by atoms with van der Waals surface area (Å²) in [7, 11) is 0. The number of rotatable bonds is 4. The van der Waals surface area contributed by atoms with E-state index in [-0.39, 0.29) is 0 Å². The van der Waals surface area contributed by atoms with Crippen molar-refractivity contribution in [3.8, 4) is 0 Å². The van der Waals surface area contributed by atoms with Crippen LogP contribution in [0.4, 0.5) is 0 Å². The minimum Gasteiger partial charge on any atom is -0.377 e. The normalized spacial score (nSPS) is 13.5. The second kappa shape index (κ2) is 4.85. The summed E-state index contributed by atoms with van der Waals surface area (Å²) in [6.07, 6.45) is 0. The van der Waals surface area contributed by atoms with Crippen LogP contribution in [-0.4, -0.2) is 33.4 Å². The minimum atomic E-state index is -2.19. The predicted molar refractivity (Wildman–Crippen MR) is 48.5 cm³/mol. The molecule has 0 spiro atoms. The number of aliphatic hydroxyl groups excluding tert-OH is 1. The molecular weight excluding hydrogens is 242 g/mol. The molecule has 76 valence electrons. The van der Waals surface area contributed by atoms with Gasteiger partial charge in [0.15, 0.2) is 5.38 Å². The molecule has 0 radical (unpaired) electrons. The zero-order chi connectivity index (χ0) is 10.6. The van der Waals surface area contributed by atoms with E-state index >= 15 is 0 Å². The molecule has 0 heterocycles. The van der Waals surface area contributed by atoms with Gasteiger partial charge in [-0.1, -0.05) is 23.2 Å². The number of primary amides is 1. The van der Waals surface area contributed by atoms with Crippen LogP contribution in [0.3, 0.4) is 0 Å². The lowest BCUT2D eigenvalue weighted by Crippen LogP contribution is -2.49. The van der Waals surface area contributed by atoms with E-state index in [9.17, 15) is 9.59 Å². The number of carbonyl (C=O) groups is 2. The van der Waals surface area contributed by atoms with Gasteiger partial charge in [0, 0.05) is 0 Å². The molecule has 0 aromatic rings. The first-order chi connectivity index (χ1) is 5.84. The molecule has 0 aromatic heterocycles. The third-order valence-corrected chi connectivity index (χ3v) is 2.69. The standard InChI is InChI=1S/C5H7Cl3N2O3/c6-2(3(12)10-1-11)5(7,8)4(9)13/h2,11H,1H2,(H2,9,13)(H,10,12). The molecule has 0 rings (SSSR count). The number of amides is 2.